The van der Waals surface area contributed by atoms with Crippen molar-refractivity contribution >= 4 is 16.5 Å². The molecule has 1 saturated heterocycles. The summed E-state index contributed by atoms with van der Waals surface area (Å²) >= 11 is 1.72. The van der Waals surface area contributed by atoms with Crippen LogP contribution in [0.15, 0.2) is 11.6 Å². The number of nitrogens with one attached hydrogen (secondary N) is 1. The Kier molecular flexibility index (Phi) is 3.78. The van der Waals surface area contributed by atoms with Gasteiger partial charge in [0.05, 0.1) is 6.61 Å². The fourth-order valence-corrected chi connectivity index (χ4v) is 3.76. The van der Waals surface area contributed by atoms with Gasteiger partial charge in [-0.25, -0.2) is 4.98 Å². The highest BCUT2D eigenvalue weighted by Crippen LogP contribution is 2.40. The maximum absolute atomic E-state index is 9.65. The summed E-state index contributed by atoms with van der Waals surface area (Å²) in [6.45, 7) is 4.57. The van der Waals surface area contributed by atoms with Gasteiger partial charge in [0.25, 0.3) is 0 Å². The van der Waals surface area contributed by atoms with Gasteiger partial charge in [0.15, 0.2) is 5.13 Å². The molecule has 2 aliphatic rings. The van der Waals surface area contributed by atoms with Crippen molar-refractivity contribution < 1.29 is 5.11 Å². The van der Waals surface area contributed by atoms with Crippen LogP contribution >= 0.6 is 11.3 Å². The van der Waals surface area contributed by atoms with E-state index in [1.165, 1.54) is 12.8 Å². The Bertz CT molecular complexity index is 399. The van der Waals surface area contributed by atoms with Gasteiger partial charge in [-0.3, -0.25) is 0 Å². The monoisotopic (exact) mass is 281 g/mol. The van der Waals surface area contributed by atoms with Crippen LogP contribution in [0, 0.1) is 5.92 Å². The van der Waals surface area contributed by atoms with Gasteiger partial charge >= 0.3 is 0 Å². The second-order valence-electron chi connectivity index (χ2n) is 6.07. The number of aliphatic hydroxyl groups excluding tert-OH is 1. The minimum atomic E-state index is -0.0615. The van der Waals surface area contributed by atoms with Gasteiger partial charge in [-0.1, -0.05) is 0 Å². The largest absolute Gasteiger partial charge is 0.394 e. The van der Waals surface area contributed by atoms with Crippen LogP contribution in [0.4, 0.5) is 5.13 Å². The highest BCUT2D eigenvalue weighted by molar-refractivity contribution is 7.13. The lowest BCUT2D eigenvalue weighted by Gasteiger charge is -2.38. The van der Waals surface area contributed by atoms with E-state index in [1.54, 1.807) is 11.3 Å². The number of aromatic nitrogens is 1. The van der Waals surface area contributed by atoms with Crippen LogP contribution in [0.3, 0.4) is 0 Å². The van der Waals surface area contributed by atoms with Crippen LogP contribution in [0.5, 0.6) is 0 Å². The number of anilines is 1. The van der Waals surface area contributed by atoms with Crippen LogP contribution in [-0.2, 0) is 0 Å². The molecular formula is C14H23N3OS. The smallest absolute Gasteiger partial charge is 0.185 e. The molecule has 2 N–H and O–H groups in total. The third-order valence-corrected chi connectivity index (χ3v) is 5.36. The number of hydrogen-bond donors (Lipinski definition) is 2. The van der Waals surface area contributed by atoms with E-state index < -0.39 is 0 Å². The Balaban J connectivity index is 1.52. The molecule has 0 bridgehead atoms. The molecule has 5 heteroatoms. The van der Waals surface area contributed by atoms with Gasteiger partial charge in [-0.2, -0.15) is 0 Å². The highest BCUT2D eigenvalue weighted by Gasteiger charge is 2.42. The van der Waals surface area contributed by atoms with E-state index in [0.29, 0.717) is 12.0 Å². The Morgan fingerprint density at radius 1 is 1.42 bits per heavy atom. The molecule has 1 aliphatic carbocycles. The van der Waals surface area contributed by atoms with E-state index in [4.69, 9.17) is 0 Å². The van der Waals surface area contributed by atoms with Gasteiger partial charge in [0, 0.05) is 36.2 Å². The van der Waals surface area contributed by atoms with Crippen LogP contribution in [0.2, 0.25) is 0 Å². The molecule has 1 aliphatic heterocycles. The molecular weight excluding hydrogens is 258 g/mol. The molecule has 106 valence electrons. The quantitative estimate of drug-likeness (QED) is 0.865. The summed E-state index contributed by atoms with van der Waals surface area (Å²) in [4.78, 5) is 6.75. The van der Waals surface area contributed by atoms with Crippen molar-refractivity contribution in [3.05, 3.63) is 11.6 Å². The molecule has 0 radical (unpaired) electrons. The average Bonchev–Trinajstić information content (AvgIpc) is 3.16. The normalized spacial score (nSPS) is 24.4. The highest BCUT2D eigenvalue weighted by atomic mass is 32.1. The van der Waals surface area contributed by atoms with Gasteiger partial charge in [-0.15, -0.1) is 11.3 Å². The first-order chi connectivity index (χ1) is 9.21. The lowest BCUT2D eigenvalue weighted by molar-refractivity contribution is 0.135. The topological polar surface area (TPSA) is 48.4 Å². The van der Waals surface area contributed by atoms with E-state index >= 15 is 0 Å². The second kappa shape index (κ2) is 5.38. The summed E-state index contributed by atoms with van der Waals surface area (Å²) in [6, 6.07) is 0.536. The van der Waals surface area contributed by atoms with Crippen LogP contribution in [0.25, 0.3) is 0 Å². The predicted molar refractivity (Wildman–Crippen MR) is 78.7 cm³/mol. The Morgan fingerprint density at radius 2 is 2.16 bits per heavy atom. The predicted octanol–water partition coefficient (Wildman–Crippen LogP) is 1.86. The van der Waals surface area contributed by atoms with Crippen LogP contribution in [0.1, 0.15) is 32.6 Å². The number of thiazole rings is 1. The van der Waals surface area contributed by atoms with E-state index in [1.807, 2.05) is 11.6 Å². The first-order valence-electron chi connectivity index (χ1n) is 7.24. The Hall–Kier alpha value is -0.650. The van der Waals surface area contributed by atoms with Crippen molar-refractivity contribution in [1.82, 2.24) is 10.3 Å². The summed E-state index contributed by atoms with van der Waals surface area (Å²) < 4.78 is 0. The molecule has 0 spiro atoms. The zero-order chi connectivity index (χ0) is 13.3. The molecule has 2 heterocycles. The summed E-state index contributed by atoms with van der Waals surface area (Å²) in [5, 5.41) is 16.5. The van der Waals surface area contributed by atoms with Crippen LogP contribution < -0.4 is 10.2 Å². The molecule has 1 aromatic heterocycles. The summed E-state index contributed by atoms with van der Waals surface area (Å²) in [6.07, 6.45) is 6.69. The fraction of sp³-hybridized carbons (Fsp3) is 0.786. The second-order valence-corrected chi connectivity index (χ2v) is 6.94. The number of piperidine rings is 1. The number of aliphatic hydroxyl groups is 1. The maximum Gasteiger partial charge on any atom is 0.185 e. The Labute approximate surface area is 118 Å². The third kappa shape index (κ3) is 2.93. The maximum atomic E-state index is 9.65. The van der Waals surface area contributed by atoms with Gasteiger partial charge in [0.2, 0.25) is 0 Å². The summed E-state index contributed by atoms with van der Waals surface area (Å²) in [5.41, 5.74) is -0.0615. The number of nitrogens with zero attached hydrogens (tertiary/aromatic N) is 2. The van der Waals surface area contributed by atoms with Crippen molar-refractivity contribution in [2.24, 2.45) is 5.92 Å². The molecule has 1 saturated carbocycles. The van der Waals surface area contributed by atoms with Gasteiger partial charge < -0.3 is 15.3 Å². The van der Waals surface area contributed by atoms with E-state index in [-0.39, 0.29) is 12.1 Å². The van der Waals surface area contributed by atoms with E-state index in [0.717, 1.165) is 31.1 Å². The number of rotatable bonds is 5. The molecule has 0 aromatic carbocycles. The molecule has 3 rings (SSSR count). The minimum absolute atomic E-state index is 0.0615. The summed E-state index contributed by atoms with van der Waals surface area (Å²) in [5.74, 6) is 0.675. The number of hydrogen-bond acceptors (Lipinski definition) is 5. The Morgan fingerprint density at radius 3 is 2.68 bits per heavy atom. The van der Waals surface area contributed by atoms with Gasteiger partial charge in [-0.05, 0) is 38.5 Å². The zero-order valence-electron chi connectivity index (χ0n) is 11.5. The van der Waals surface area contributed by atoms with Crippen molar-refractivity contribution in [2.75, 3.05) is 24.6 Å². The molecule has 1 unspecified atom stereocenters. The lowest BCUT2D eigenvalue weighted by atomic mass is 9.93. The molecule has 1 atom stereocenters. The zero-order valence-corrected chi connectivity index (χ0v) is 12.3. The van der Waals surface area contributed by atoms with E-state index in [2.05, 4.69) is 22.1 Å². The first kappa shape index (κ1) is 13.3. The molecule has 2 fully saturated rings. The fourth-order valence-electron chi connectivity index (χ4n) is 3.07. The SMILES string of the molecule is CC(CO)(NC1CCN(c2nccs2)CC1)C1CC1. The molecule has 4 nitrogen and oxygen atoms in total. The lowest BCUT2D eigenvalue weighted by Crippen LogP contribution is -2.55. The summed E-state index contributed by atoms with van der Waals surface area (Å²) in [7, 11) is 0. The molecule has 19 heavy (non-hydrogen) atoms. The molecule has 1 aromatic rings. The van der Waals surface area contributed by atoms with Crippen LogP contribution in [-0.4, -0.2) is 41.4 Å². The molecule has 0 amide bonds. The van der Waals surface area contributed by atoms with Crippen molar-refractivity contribution in [2.45, 2.75) is 44.2 Å². The van der Waals surface area contributed by atoms with Crippen molar-refractivity contribution in [1.29, 1.82) is 0 Å². The third-order valence-electron chi connectivity index (χ3n) is 4.53. The van der Waals surface area contributed by atoms with E-state index in [9.17, 15) is 5.11 Å². The average molecular weight is 281 g/mol. The minimum Gasteiger partial charge on any atom is -0.394 e. The van der Waals surface area contributed by atoms with Crippen molar-refractivity contribution in [3.8, 4) is 0 Å². The standard InChI is InChI=1S/C14H23N3OS/c1-14(10-18,11-2-3-11)16-12-4-7-17(8-5-12)13-15-6-9-19-13/h6,9,11-12,16,18H,2-5,7-8,10H2,1H3. The first-order valence-corrected chi connectivity index (χ1v) is 8.12. The van der Waals surface area contributed by atoms with Gasteiger partial charge in [0.1, 0.15) is 0 Å². The van der Waals surface area contributed by atoms with Crippen molar-refractivity contribution in [3.63, 3.8) is 0 Å².